The van der Waals surface area contributed by atoms with E-state index in [0.717, 1.165) is 15.3 Å². The predicted octanol–water partition coefficient (Wildman–Crippen LogP) is 5.36. The number of aromatic nitrogens is 2. The highest BCUT2D eigenvalue weighted by Crippen LogP contribution is 2.34. The predicted molar refractivity (Wildman–Crippen MR) is 104 cm³/mol. The van der Waals surface area contributed by atoms with Gasteiger partial charge in [-0.15, -0.1) is 0 Å². The van der Waals surface area contributed by atoms with Gasteiger partial charge in [0.1, 0.15) is 5.58 Å². The average Bonchev–Trinajstić information content (AvgIpc) is 3.06. The molecule has 29 heavy (non-hydrogen) atoms. The van der Waals surface area contributed by atoms with Crippen LogP contribution < -0.4 is 5.63 Å². The number of hydrogen-bond acceptors (Lipinski definition) is 3. The lowest BCUT2D eigenvalue weighted by atomic mass is 10.0. The number of alkyl halides is 3. The normalized spacial score (nSPS) is 12.2. The number of hydrogen-bond donors (Lipinski definition) is 0. The number of para-hydroxylation sites is 2. The molecule has 0 unspecified atom stereocenters. The lowest BCUT2D eigenvalue weighted by Gasteiger charge is -2.14. The van der Waals surface area contributed by atoms with Crippen LogP contribution in [0.3, 0.4) is 0 Å². The van der Waals surface area contributed by atoms with Gasteiger partial charge >= 0.3 is 11.8 Å². The van der Waals surface area contributed by atoms with Gasteiger partial charge in [-0.2, -0.15) is 13.2 Å². The van der Waals surface area contributed by atoms with E-state index in [1.165, 1.54) is 12.1 Å². The third-order valence-electron chi connectivity index (χ3n) is 4.95. The molecule has 0 amide bonds. The number of rotatable bonds is 2. The van der Waals surface area contributed by atoms with Crippen molar-refractivity contribution in [1.82, 2.24) is 9.55 Å². The van der Waals surface area contributed by atoms with E-state index in [1.807, 2.05) is 30.3 Å². The maximum atomic E-state index is 13.7. The number of benzene rings is 3. The minimum absolute atomic E-state index is 0.161. The van der Waals surface area contributed by atoms with Gasteiger partial charge in [0.15, 0.2) is 0 Å². The van der Waals surface area contributed by atoms with E-state index in [0.29, 0.717) is 22.0 Å². The average molecular weight is 394 g/mol. The molecule has 0 saturated carbocycles. The summed E-state index contributed by atoms with van der Waals surface area (Å²) < 4.78 is 47.4. The van der Waals surface area contributed by atoms with Crippen molar-refractivity contribution in [1.29, 1.82) is 0 Å². The van der Waals surface area contributed by atoms with Crippen LogP contribution in [0.5, 0.6) is 0 Å². The van der Waals surface area contributed by atoms with E-state index in [1.54, 1.807) is 24.3 Å². The summed E-state index contributed by atoms with van der Waals surface area (Å²) in [5, 5.41) is 2.33. The van der Waals surface area contributed by atoms with E-state index in [4.69, 9.17) is 4.42 Å². The summed E-state index contributed by atoms with van der Waals surface area (Å²) in [4.78, 5) is 15.9. The first-order chi connectivity index (χ1) is 13.9. The molecule has 0 radical (unpaired) electrons. The molecule has 2 heterocycles. The summed E-state index contributed by atoms with van der Waals surface area (Å²) in [7, 11) is 0. The van der Waals surface area contributed by atoms with Gasteiger partial charge < -0.3 is 8.98 Å². The van der Waals surface area contributed by atoms with E-state index < -0.39 is 17.6 Å². The standard InChI is InChI=1S/C22H13F3N2O2/c23-22(24,25)21-26-16-7-3-4-8-17(16)27(21)12-14-11-19(28)29-18-10-9-13-5-1-2-6-15(13)20(14)18/h1-11H,12H2. The maximum absolute atomic E-state index is 13.7. The van der Waals surface area contributed by atoms with Crippen LogP contribution >= 0.6 is 0 Å². The molecule has 0 N–H and O–H groups in total. The zero-order chi connectivity index (χ0) is 20.2. The second-order valence-electron chi connectivity index (χ2n) is 6.76. The number of nitrogens with zero attached hydrogens (tertiary/aromatic N) is 2. The van der Waals surface area contributed by atoms with Crippen molar-refractivity contribution in [2.45, 2.75) is 12.7 Å². The van der Waals surface area contributed by atoms with E-state index >= 15 is 0 Å². The van der Waals surface area contributed by atoms with E-state index in [-0.39, 0.29) is 12.1 Å². The van der Waals surface area contributed by atoms with Crippen molar-refractivity contribution >= 4 is 32.8 Å². The molecule has 0 aliphatic rings. The quantitative estimate of drug-likeness (QED) is 0.299. The number of halogens is 3. The highest BCUT2D eigenvalue weighted by Gasteiger charge is 2.37. The van der Waals surface area contributed by atoms with Crippen molar-refractivity contribution in [2.75, 3.05) is 0 Å². The Morgan fingerprint density at radius 1 is 0.966 bits per heavy atom. The first kappa shape index (κ1) is 17.5. The van der Waals surface area contributed by atoms with Crippen LogP contribution in [-0.2, 0) is 12.7 Å². The van der Waals surface area contributed by atoms with Crippen molar-refractivity contribution < 1.29 is 17.6 Å². The van der Waals surface area contributed by atoms with E-state index in [2.05, 4.69) is 4.98 Å². The lowest BCUT2D eigenvalue weighted by Crippen LogP contribution is -2.16. The molecular weight excluding hydrogens is 381 g/mol. The Bertz CT molecular complexity index is 1450. The summed E-state index contributed by atoms with van der Waals surface area (Å²) in [5.74, 6) is -1.000. The fourth-order valence-corrected chi connectivity index (χ4v) is 3.77. The maximum Gasteiger partial charge on any atom is 0.449 e. The van der Waals surface area contributed by atoms with Gasteiger partial charge in [0.05, 0.1) is 17.6 Å². The Labute approximate surface area is 161 Å². The summed E-state index contributed by atoms with van der Waals surface area (Å²) in [5.41, 5.74) is 0.769. The summed E-state index contributed by atoms with van der Waals surface area (Å²) >= 11 is 0. The zero-order valence-electron chi connectivity index (χ0n) is 14.9. The summed E-state index contributed by atoms with van der Waals surface area (Å²) in [6, 6.07) is 18.6. The third-order valence-corrected chi connectivity index (χ3v) is 4.95. The largest absolute Gasteiger partial charge is 0.449 e. The molecule has 0 atom stereocenters. The molecule has 4 nitrogen and oxygen atoms in total. The molecule has 0 spiro atoms. The van der Waals surface area contributed by atoms with Crippen LogP contribution in [0.1, 0.15) is 11.4 Å². The molecule has 0 saturated heterocycles. The Kier molecular flexibility index (Phi) is 3.74. The van der Waals surface area contributed by atoms with Gasteiger partial charge in [-0.05, 0) is 34.5 Å². The second kappa shape index (κ2) is 6.20. The van der Waals surface area contributed by atoms with Crippen molar-refractivity contribution in [2.24, 2.45) is 0 Å². The first-order valence-electron chi connectivity index (χ1n) is 8.89. The minimum atomic E-state index is -4.63. The molecule has 2 aromatic heterocycles. The molecule has 144 valence electrons. The van der Waals surface area contributed by atoms with Crippen LogP contribution in [0.2, 0.25) is 0 Å². The van der Waals surface area contributed by atoms with E-state index in [9.17, 15) is 18.0 Å². The summed E-state index contributed by atoms with van der Waals surface area (Å²) in [6.07, 6.45) is -4.63. The van der Waals surface area contributed by atoms with Gasteiger partial charge in [-0.1, -0.05) is 42.5 Å². The van der Waals surface area contributed by atoms with Crippen LogP contribution in [0.25, 0.3) is 32.8 Å². The van der Waals surface area contributed by atoms with Crippen LogP contribution in [0.4, 0.5) is 13.2 Å². The fourth-order valence-electron chi connectivity index (χ4n) is 3.77. The fraction of sp³-hybridized carbons (Fsp3) is 0.0909. The highest BCUT2D eigenvalue weighted by molar-refractivity contribution is 6.07. The molecule has 5 aromatic rings. The third kappa shape index (κ3) is 2.86. The zero-order valence-corrected chi connectivity index (χ0v) is 14.9. The number of imidazole rings is 1. The Hall–Kier alpha value is -3.61. The molecule has 0 aliphatic carbocycles. The lowest BCUT2D eigenvalue weighted by molar-refractivity contribution is -0.146. The van der Waals surface area contributed by atoms with Gasteiger partial charge in [-0.25, -0.2) is 9.78 Å². The number of fused-ring (bicyclic) bond motifs is 4. The van der Waals surface area contributed by atoms with Crippen molar-refractivity contribution in [3.05, 3.63) is 88.5 Å². The van der Waals surface area contributed by atoms with Gasteiger partial charge in [0.25, 0.3) is 0 Å². The Balaban J connectivity index is 1.83. The topological polar surface area (TPSA) is 48.0 Å². The van der Waals surface area contributed by atoms with Crippen molar-refractivity contribution in [3.63, 3.8) is 0 Å². The Morgan fingerprint density at radius 2 is 1.72 bits per heavy atom. The molecule has 7 heteroatoms. The van der Waals surface area contributed by atoms with Gasteiger partial charge in [0, 0.05) is 11.5 Å². The SMILES string of the molecule is O=c1cc(Cn2c(C(F)(F)F)nc3ccccc32)c2c(ccc3ccccc32)o1. The first-order valence-corrected chi connectivity index (χ1v) is 8.89. The second-order valence-corrected chi connectivity index (χ2v) is 6.76. The molecule has 0 aliphatic heterocycles. The van der Waals surface area contributed by atoms with Crippen LogP contribution in [0.15, 0.2) is 75.9 Å². The molecular formula is C22H13F3N2O2. The Morgan fingerprint density at radius 3 is 2.55 bits per heavy atom. The smallest absolute Gasteiger partial charge is 0.423 e. The molecule has 0 bridgehead atoms. The molecule has 3 aromatic carbocycles. The summed E-state index contributed by atoms with van der Waals surface area (Å²) in [6.45, 7) is -0.161. The van der Waals surface area contributed by atoms with Crippen LogP contribution in [0, 0.1) is 0 Å². The van der Waals surface area contributed by atoms with Gasteiger partial charge in [-0.3, -0.25) is 0 Å². The van der Waals surface area contributed by atoms with Crippen molar-refractivity contribution in [3.8, 4) is 0 Å². The van der Waals surface area contributed by atoms with Crippen LogP contribution in [-0.4, -0.2) is 9.55 Å². The molecule has 5 rings (SSSR count). The highest BCUT2D eigenvalue weighted by atomic mass is 19.4. The molecule has 0 fully saturated rings. The monoisotopic (exact) mass is 394 g/mol. The van der Waals surface area contributed by atoms with Gasteiger partial charge in [0.2, 0.25) is 5.82 Å². The minimum Gasteiger partial charge on any atom is -0.423 e.